The molecule has 1 amide bonds. The van der Waals surface area contributed by atoms with Crippen LogP contribution < -0.4 is 5.32 Å². The van der Waals surface area contributed by atoms with Crippen molar-refractivity contribution in [2.24, 2.45) is 33.7 Å². The van der Waals surface area contributed by atoms with Gasteiger partial charge in [0.2, 0.25) is 0 Å². The molecule has 3 saturated carbocycles. The van der Waals surface area contributed by atoms with Crippen LogP contribution in [0.2, 0.25) is 0 Å². The van der Waals surface area contributed by atoms with Gasteiger partial charge in [0.05, 0.1) is 5.71 Å². The number of fused-ring (bicyclic) bond motifs is 5. The molecule has 0 saturated heterocycles. The number of nitrogens with zero attached hydrogens (tertiary/aromatic N) is 2. The molecule has 2 N–H and O–H groups in total. The van der Waals surface area contributed by atoms with Crippen molar-refractivity contribution < 1.29 is 14.7 Å². The van der Waals surface area contributed by atoms with Crippen LogP contribution in [-0.4, -0.2) is 33.9 Å². The van der Waals surface area contributed by atoms with Crippen molar-refractivity contribution in [2.45, 2.75) is 77.4 Å². The minimum absolute atomic E-state index is 0.0852. The Bertz CT molecular complexity index is 1080. The summed E-state index contributed by atoms with van der Waals surface area (Å²) in [5.74, 6) is 4.34. The highest BCUT2D eigenvalue weighted by Crippen LogP contribution is 2.67. The molecule has 0 radical (unpaired) electrons. The van der Waals surface area contributed by atoms with Gasteiger partial charge in [-0.25, -0.2) is 0 Å². The molecule has 186 valence electrons. The number of hydrogen-bond donors (Lipinski definition) is 2. The van der Waals surface area contributed by atoms with Gasteiger partial charge in [0.15, 0.2) is 6.61 Å². The van der Waals surface area contributed by atoms with Crippen molar-refractivity contribution >= 4 is 11.6 Å². The van der Waals surface area contributed by atoms with Crippen molar-refractivity contribution in [1.29, 1.82) is 0 Å². The molecule has 0 spiro atoms. The van der Waals surface area contributed by atoms with Crippen LogP contribution in [0.15, 0.2) is 41.3 Å². The van der Waals surface area contributed by atoms with Gasteiger partial charge in [-0.1, -0.05) is 30.5 Å². The highest BCUT2D eigenvalue weighted by atomic mass is 16.6. The van der Waals surface area contributed by atoms with E-state index in [1.54, 1.807) is 12.4 Å². The molecule has 0 unspecified atom stereocenters. The first-order chi connectivity index (χ1) is 16.8. The summed E-state index contributed by atoms with van der Waals surface area (Å²) in [7, 11) is 0. The molecule has 6 atom stereocenters. The first kappa shape index (κ1) is 24.1. The average molecular weight is 476 g/mol. The fourth-order valence-electron chi connectivity index (χ4n) is 7.82. The Balaban J connectivity index is 1.21. The fourth-order valence-corrected chi connectivity index (χ4v) is 7.82. The van der Waals surface area contributed by atoms with E-state index in [0.717, 1.165) is 62.6 Å². The number of aliphatic hydroxyl groups is 1. The van der Waals surface area contributed by atoms with E-state index in [4.69, 9.17) is 11.3 Å². The molecule has 0 bridgehead atoms. The van der Waals surface area contributed by atoms with Gasteiger partial charge in [-0.3, -0.25) is 9.78 Å². The van der Waals surface area contributed by atoms with Gasteiger partial charge in [0.25, 0.3) is 5.91 Å². The number of carbonyl (C=O) groups excluding carboxylic acids is 1. The molecule has 4 aliphatic rings. The van der Waals surface area contributed by atoms with E-state index in [2.05, 4.69) is 41.3 Å². The number of terminal acetylenes is 1. The van der Waals surface area contributed by atoms with Crippen molar-refractivity contribution in [3.05, 3.63) is 41.7 Å². The summed E-state index contributed by atoms with van der Waals surface area (Å²) < 4.78 is 0. The normalized spacial score (nSPS) is 39.0. The predicted molar refractivity (Wildman–Crippen MR) is 135 cm³/mol. The quantitative estimate of drug-likeness (QED) is 0.488. The third-order valence-corrected chi connectivity index (χ3v) is 9.98. The second-order valence-corrected chi connectivity index (χ2v) is 11.5. The van der Waals surface area contributed by atoms with Crippen LogP contribution >= 0.6 is 0 Å². The molecule has 0 aromatic carbocycles. The Morgan fingerprint density at radius 2 is 1.97 bits per heavy atom. The molecule has 1 aromatic heterocycles. The number of rotatable bonds is 5. The summed E-state index contributed by atoms with van der Waals surface area (Å²) >= 11 is 0. The van der Waals surface area contributed by atoms with Crippen molar-refractivity contribution in [3.8, 4) is 12.3 Å². The zero-order valence-corrected chi connectivity index (χ0v) is 20.9. The monoisotopic (exact) mass is 475 g/mol. The van der Waals surface area contributed by atoms with E-state index in [9.17, 15) is 9.90 Å². The fraction of sp³-hybridized carbons (Fsp3) is 0.621. The van der Waals surface area contributed by atoms with Gasteiger partial charge < -0.3 is 15.3 Å². The molecule has 6 nitrogen and oxygen atoms in total. The SMILES string of the molecule is C#C[C@@]1(O)CC[C@@H]2[C@H]3CCC4=CC(=NOCC(=O)NCc5ccncc5)CC[C@]4(C)[C@H]3CC[C@@]21C. The number of carbonyl (C=O) groups is 1. The maximum absolute atomic E-state index is 12.1. The van der Waals surface area contributed by atoms with Crippen LogP contribution in [0.3, 0.4) is 0 Å². The van der Waals surface area contributed by atoms with Crippen LogP contribution in [0, 0.1) is 40.9 Å². The number of hydrogen-bond acceptors (Lipinski definition) is 5. The van der Waals surface area contributed by atoms with E-state index in [-0.39, 0.29) is 23.3 Å². The first-order valence-electron chi connectivity index (χ1n) is 13.0. The lowest BCUT2D eigenvalue weighted by atomic mass is 9.46. The average Bonchev–Trinajstić information content (AvgIpc) is 3.14. The van der Waals surface area contributed by atoms with Gasteiger partial charge in [0, 0.05) is 24.4 Å². The van der Waals surface area contributed by atoms with Gasteiger partial charge in [-0.2, -0.15) is 0 Å². The maximum Gasteiger partial charge on any atom is 0.261 e. The smallest absolute Gasteiger partial charge is 0.261 e. The van der Waals surface area contributed by atoms with Crippen molar-refractivity contribution in [2.75, 3.05) is 6.61 Å². The lowest BCUT2D eigenvalue weighted by molar-refractivity contribution is -0.125. The summed E-state index contributed by atoms with van der Waals surface area (Å²) in [5, 5.41) is 18.3. The first-order valence-corrected chi connectivity index (χ1v) is 13.0. The molecule has 0 aliphatic heterocycles. The third kappa shape index (κ3) is 4.08. The molecule has 35 heavy (non-hydrogen) atoms. The molecular formula is C29H37N3O3. The van der Waals surface area contributed by atoms with Crippen molar-refractivity contribution in [1.82, 2.24) is 10.3 Å². The van der Waals surface area contributed by atoms with Crippen LogP contribution in [0.1, 0.15) is 70.8 Å². The largest absolute Gasteiger partial charge is 0.385 e. The highest BCUT2D eigenvalue weighted by Gasteiger charge is 2.63. The maximum atomic E-state index is 12.1. The van der Waals surface area contributed by atoms with Gasteiger partial charge in [0.1, 0.15) is 5.60 Å². The Labute approximate surface area is 208 Å². The zero-order chi connectivity index (χ0) is 24.7. The van der Waals surface area contributed by atoms with E-state index in [1.165, 1.54) is 5.57 Å². The van der Waals surface area contributed by atoms with Crippen LogP contribution in [0.4, 0.5) is 0 Å². The van der Waals surface area contributed by atoms with E-state index < -0.39 is 5.60 Å². The number of nitrogens with one attached hydrogen (secondary N) is 1. The van der Waals surface area contributed by atoms with Crippen molar-refractivity contribution in [3.63, 3.8) is 0 Å². The summed E-state index contributed by atoms with van der Waals surface area (Å²) in [6.07, 6.45) is 19.5. The minimum atomic E-state index is -0.950. The molecule has 5 rings (SSSR count). The molecule has 1 aromatic rings. The molecule has 1 heterocycles. The summed E-state index contributed by atoms with van der Waals surface area (Å²) in [4.78, 5) is 21.5. The molecule has 6 heteroatoms. The number of allylic oxidation sites excluding steroid dienone is 2. The highest BCUT2D eigenvalue weighted by molar-refractivity contribution is 5.96. The number of oxime groups is 1. The Kier molecular flexibility index (Phi) is 6.25. The van der Waals surface area contributed by atoms with E-state index in [0.29, 0.717) is 24.3 Å². The van der Waals surface area contributed by atoms with E-state index in [1.807, 2.05) is 12.1 Å². The molecule has 4 aliphatic carbocycles. The van der Waals surface area contributed by atoms with Gasteiger partial charge >= 0.3 is 0 Å². The summed E-state index contributed by atoms with van der Waals surface area (Å²) in [5.41, 5.74) is 2.46. The lowest BCUT2D eigenvalue weighted by Crippen LogP contribution is -2.54. The summed E-state index contributed by atoms with van der Waals surface area (Å²) in [6.45, 7) is 5.04. The van der Waals surface area contributed by atoms with Gasteiger partial charge in [-0.05, 0) is 98.3 Å². The third-order valence-electron chi connectivity index (χ3n) is 9.98. The van der Waals surface area contributed by atoms with E-state index >= 15 is 0 Å². The Hall–Kier alpha value is -2.65. The number of pyridine rings is 1. The second kappa shape index (κ2) is 9.09. The van der Waals surface area contributed by atoms with Crippen LogP contribution in [0.25, 0.3) is 0 Å². The number of aromatic nitrogens is 1. The van der Waals surface area contributed by atoms with Crippen LogP contribution in [-0.2, 0) is 16.2 Å². The van der Waals surface area contributed by atoms with Gasteiger partial charge in [-0.15, -0.1) is 6.42 Å². The minimum Gasteiger partial charge on any atom is -0.385 e. The zero-order valence-electron chi connectivity index (χ0n) is 20.9. The summed E-state index contributed by atoms with van der Waals surface area (Å²) in [6, 6.07) is 3.74. The predicted octanol–water partition coefficient (Wildman–Crippen LogP) is 4.40. The topological polar surface area (TPSA) is 83.8 Å². The molecule has 3 fully saturated rings. The second-order valence-electron chi connectivity index (χ2n) is 11.5. The number of amides is 1. The molecular weight excluding hydrogens is 438 g/mol. The Morgan fingerprint density at radius 3 is 2.74 bits per heavy atom. The Morgan fingerprint density at radius 1 is 1.20 bits per heavy atom. The standard InChI is InChI=1S/C29H37N3O3/c1-4-29(34)14-9-25-23-6-5-21-17-22(7-12-27(21,2)24(23)8-13-28(25,29)3)32-35-19-26(33)31-18-20-10-15-30-16-11-20/h1,10-11,15-17,23-25,34H,5-9,12-14,18-19H2,2-3H3,(H,31,33)/t23-,24-,25+,27-,28-,29+/m0/s1. The van der Waals surface area contributed by atoms with Crippen LogP contribution in [0.5, 0.6) is 0 Å². The lowest BCUT2D eigenvalue weighted by Gasteiger charge is -2.58.